The molecule has 3 aliphatic rings. The Kier molecular flexibility index (Phi) is 10.6. The minimum absolute atomic E-state index is 0.0164. The van der Waals surface area contributed by atoms with E-state index >= 15 is 0 Å². The summed E-state index contributed by atoms with van der Waals surface area (Å²) in [4.78, 5) is 34.7. The van der Waals surface area contributed by atoms with Gasteiger partial charge in [0.15, 0.2) is 0 Å². The van der Waals surface area contributed by atoms with Gasteiger partial charge in [0, 0.05) is 49.7 Å². The molecule has 0 saturated carbocycles. The van der Waals surface area contributed by atoms with Gasteiger partial charge >= 0.3 is 0 Å². The van der Waals surface area contributed by atoms with Crippen molar-refractivity contribution in [3.8, 4) is 0 Å². The molecule has 0 spiro atoms. The van der Waals surface area contributed by atoms with E-state index in [2.05, 4.69) is 53.5 Å². The fraction of sp³-hybridized carbons (Fsp3) is 0.588. The minimum atomic E-state index is -0.616. The Morgan fingerprint density at radius 1 is 0.952 bits per heavy atom. The molecule has 2 N–H and O–H groups in total. The van der Waals surface area contributed by atoms with Crippen molar-refractivity contribution in [2.45, 2.75) is 83.1 Å². The quantitative estimate of drug-likeness (QED) is 0.458. The van der Waals surface area contributed by atoms with Gasteiger partial charge in [0.2, 0.25) is 11.8 Å². The van der Waals surface area contributed by atoms with Gasteiger partial charge in [-0.1, -0.05) is 61.8 Å². The number of hydrogen-bond donors (Lipinski definition) is 2. The first kappa shape index (κ1) is 31.0. The monoisotopic (exact) mass is 593 g/mol. The van der Waals surface area contributed by atoms with Crippen molar-refractivity contribution < 1.29 is 9.59 Å². The smallest absolute Gasteiger partial charge is 0.245 e. The maximum absolute atomic E-state index is 14.0. The van der Waals surface area contributed by atoms with Crippen LogP contribution >= 0.6 is 11.6 Å². The highest BCUT2D eigenvalue weighted by molar-refractivity contribution is 6.30. The van der Waals surface area contributed by atoms with Gasteiger partial charge in [0.1, 0.15) is 6.04 Å². The van der Waals surface area contributed by atoms with Crippen LogP contribution in [0.2, 0.25) is 5.02 Å². The van der Waals surface area contributed by atoms with Crippen molar-refractivity contribution >= 4 is 23.4 Å². The van der Waals surface area contributed by atoms with Crippen LogP contribution in [0.5, 0.6) is 0 Å². The summed E-state index contributed by atoms with van der Waals surface area (Å²) in [6.07, 6.45) is 5.47. The molecule has 0 radical (unpaired) electrons. The SMILES string of the molecule is CC(C)CN(C1CCN(C)CC1)C1CCN(C(=O)C(Cc2ccc(Cl)cc2)NC(=O)C2Cc3ccccc3CN2)CC1. The van der Waals surface area contributed by atoms with Crippen LogP contribution in [0, 0.1) is 5.92 Å². The zero-order valence-corrected chi connectivity index (χ0v) is 26.3. The molecular formula is C34H48ClN5O2. The fourth-order valence-electron chi connectivity index (χ4n) is 6.95. The number of nitrogens with one attached hydrogen (secondary N) is 2. The summed E-state index contributed by atoms with van der Waals surface area (Å²) in [6.45, 7) is 10.2. The number of rotatable bonds is 9. The van der Waals surface area contributed by atoms with Crippen LogP contribution in [0.15, 0.2) is 48.5 Å². The molecule has 2 aromatic rings. The van der Waals surface area contributed by atoms with E-state index in [1.807, 2.05) is 41.3 Å². The Hall–Kier alpha value is -2.45. The number of amides is 2. The van der Waals surface area contributed by atoms with E-state index in [1.165, 1.54) is 24.0 Å². The molecule has 2 saturated heterocycles. The second-order valence-corrected chi connectivity index (χ2v) is 13.4. The molecule has 5 rings (SSSR count). The van der Waals surface area contributed by atoms with Crippen molar-refractivity contribution in [1.82, 2.24) is 25.3 Å². The molecule has 2 amide bonds. The summed E-state index contributed by atoms with van der Waals surface area (Å²) in [5.74, 6) is 0.517. The lowest BCUT2D eigenvalue weighted by Crippen LogP contribution is -2.58. The third-order valence-electron chi connectivity index (χ3n) is 9.34. The van der Waals surface area contributed by atoms with Gasteiger partial charge in [-0.3, -0.25) is 14.5 Å². The van der Waals surface area contributed by atoms with Gasteiger partial charge in [-0.25, -0.2) is 0 Å². The number of likely N-dealkylation sites (tertiary alicyclic amines) is 2. The van der Waals surface area contributed by atoms with Crippen molar-refractivity contribution in [2.75, 3.05) is 39.8 Å². The molecule has 228 valence electrons. The predicted octanol–water partition coefficient (Wildman–Crippen LogP) is 4.13. The molecule has 0 bridgehead atoms. The van der Waals surface area contributed by atoms with Crippen LogP contribution in [-0.4, -0.2) is 90.5 Å². The molecule has 0 aromatic heterocycles. The molecule has 3 heterocycles. The van der Waals surface area contributed by atoms with E-state index < -0.39 is 6.04 Å². The first-order chi connectivity index (χ1) is 20.3. The Morgan fingerprint density at radius 2 is 1.57 bits per heavy atom. The average molecular weight is 594 g/mol. The molecule has 7 nitrogen and oxygen atoms in total. The van der Waals surface area contributed by atoms with Crippen molar-refractivity contribution in [1.29, 1.82) is 0 Å². The highest BCUT2D eigenvalue weighted by Gasteiger charge is 2.35. The third kappa shape index (κ3) is 7.93. The van der Waals surface area contributed by atoms with E-state index in [0.717, 1.165) is 51.1 Å². The summed E-state index contributed by atoms with van der Waals surface area (Å²) in [5, 5.41) is 7.19. The zero-order chi connectivity index (χ0) is 29.6. The molecule has 42 heavy (non-hydrogen) atoms. The number of carbonyl (C=O) groups is 2. The zero-order valence-electron chi connectivity index (χ0n) is 25.5. The van der Waals surface area contributed by atoms with Crippen LogP contribution in [-0.2, 0) is 29.0 Å². The maximum atomic E-state index is 14.0. The third-order valence-corrected chi connectivity index (χ3v) is 9.60. The number of halogens is 1. The summed E-state index contributed by atoms with van der Waals surface area (Å²) < 4.78 is 0. The molecule has 0 aliphatic carbocycles. The number of hydrogen-bond acceptors (Lipinski definition) is 5. The topological polar surface area (TPSA) is 67.9 Å². The van der Waals surface area contributed by atoms with E-state index in [1.54, 1.807) is 0 Å². The van der Waals surface area contributed by atoms with E-state index in [0.29, 0.717) is 42.4 Å². The van der Waals surface area contributed by atoms with Crippen LogP contribution in [0.4, 0.5) is 0 Å². The molecule has 2 aromatic carbocycles. The van der Waals surface area contributed by atoms with Crippen molar-refractivity contribution in [3.63, 3.8) is 0 Å². The highest BCUT2D eigenvalue weighted by Crippen LogP contribution is 2.26. The number of nitrogens with zero attached hydrogens (tertiary/aromatic N) is 3. The first-order valence-corrected chi connectivity index (χ1v) is 16.2. The summed E-state index contributed by atoms with van der Waals surface area (Å²) in [6, 6.07) is 16.0. The van der Waals surface area contributed by atoms with Crippen molar-refractivity contribution in [2.24, 2.45) is 5.92 Å². The van der Waals surface area contributed by atoms with Crippen LogP contribution in [0.25, 0.3) is 0 Å². The minimum Gasteiger partial charge on any atom is -0.343 e. The van der Waals surface area contributed by atoms with Gasteiger partial charge < -0.3 is 20.4 Å². The lowest BCUT2D eigenvalue weighted by atomic mass is 9.94. The first-order valence-electron chi connectivity index (χ1n) is 15.8. The molecule has 8 heteroatoms. The van der Waals surface area contributed by atoms with Gasteiger partial charge in [-0.05, 0) is 87.0 Å². The summed E-state index contributed by atoms with van der Waals surface area (Å²) >= 11 is 6.13. The van der Waals surface area contributed by atoms with Crippen LogP contribution in [0.1, 0.15) is 56.2 Å². The van der Waals surface area contributed by atoms with E-state index in [4.69, 9.17) is 11.6 Å². The molecular weight excluding hydrogens is 546 g/mol. The standard InChI is InChI=1S/C34H48ClN5O2/c1-24(2)23-40(29-12-16-38(3)17-13-29)30-14-18-39(19-15-30)34(42)32(20-25-8-10-28(35)11-9-25)37-33(41)31-21-26-6-4-5-7-27(26)22-36-31/h4-11,24,29-32,36H,12-23H2,1-3H3,(H,37,41). The highest BCUT2D eigenvalue weighted by atomic mass is 35.5. The molecule has 2 fully saturated rings. The lowest BCUT2D eigenvalue weighted by molar-refractivity contribution is -0.138. The van der Waals surface area contributed by atoms with Gasteiger partial charge in [0.25, 0.3) is 0 Å². The Morgan fingerprint density at radius 3 is 2.21 bits per heavy atom. The van der Waals surface area contributed by atoms with Crippen LogP contribution in [0.3, 0.4) is 0 Å². The number of fused-ring (bicyclic) bond motifs is 1. The number of piperidine rings is 2. The van der Waals surface area contributed by atoms with Gasteiger partial charge in [-0.15, -0.1) is 0 Å². The molecule has 3 aliphatic heterocycles. The van der Waals surface area contributed by atoms with E-state index in [9.17, 15) is 9.59 Å². The average Bonchev–Trinajstić information content (AvgIpc) is 3.00. The largest absolute Gasteiger partial charge is 0.343 e. The van der Waals surface area contributed by atoms with Gasteiger partial charge in [0.05, 0.1) is 6.04 Å². The Labute approximate surface area is 257 Å². The summed E-state index contributed by atoms with van der Waals surface area (Å²) in [7, 11) is 2.22. The molecule has 2 unspecified atom stereocenters. The van der Waals surface area contributed by atoms with Gasteiger partial charge in [-0.2, -0.15) is 0 Å². The summed E-state index contributed by atoms with van der Waals surface area (Å²) in [5.41, 5.74) is 3.40. The van der Waals surface area contributed by atoms with E-state index in [-0.39, 0.29) is 17.9 Å². The lowest BCUT2D eigenvalue weighted by Gasteiger charge is -2.46. The molecule has 2 atom stereocenters. The maximum Gasteiger partial charge on any atom is 0.245 e. The second-order valence-electron chi connectivity index (χ2n) is 13.0. The number of carbonyl (C=O) groups excluding carboxylic acids is 2. The Balaban J connectivity index is 1.25. The number of benzene rings is 2. The fourth-order valence-corrected chi connectivity index (χ4v) is 7.08. The Bertz CT molecular complexity index is 1190. The predicted molar refractivity (Wildman–Crippen MR) is 170 cm³/mol. The normalized spacial score (nSPS) is 21.4. The van der Waals surface area contributed by atoms with Crippen LogP contribution < -0.4 is 10.6 Å². The van der Waals surface area contributed by atoms with Crippen molar-refractivity contribution in [3.05, 3.63) is 70.2 Å². The second kappa shape index (κ2) is 14.3.